The second kappa shape index (κ2) is 4.09. The average molecular weight is 101 g/mol. The molecule has 0 rings (SSSR count). The van der Waals surface area contributed by atoms with E-state index in [1.54, 1.807) is 7.05 Å². The minimum Gasteiger partial charge on any atom is -0.233 e. The number of hydrogen-bond donors (Lipinski definition) is 0. The van der Waals surface area contributed by atoms with Gasteiger partial charge in [-0.3, -0.25) is 0 Å². The summed E-state index contributed by atoms with van der Waals surface area (Å²) >= 11 is 0. The highest BCUT2D eigenvalue weighted by Crippen LogP contribution is 1.85. The van der Waals surface area contributed by atoms with Crippen LogP contribution in [-0.4, -0.2) is 18.6 Å². The topological polar surface area (TPSA) is 27.0 Å². The molecule has 0 bridgehead atoms. The molecule has 0 aliphatic carbocycles. The van der Waals surface area contributed by atoms with Crippen molar-refractivity contribution in [2.24, 2.45) is 0 Å². The van der Waals surface area contributed by atoms with E-state index in [2.05, 4.69) is 6.92 Å². The van der Waals surface area contributed by atoms with Gasteiger partial charge in [0.25, 0.3) is 0 Å². The van der Waals surface area contributed by atoms with E-state index in [1.807, 2.05) is 0 Å². The van der Waals surface area contributed by atoms with Crippen LogP contribution in [0.1, 0.15) is 19.8 Å². The summed E-state index contributed by atoms with van der Waals surface area (Å²) in [4.78, 5) is 0. The minimum absolute atomic E-state index is 0.899. The summed E-state index contributed by atoms with van der Waals surface area (Å²) in [6.07, 6.45) is 2.32. The summed E-state index contributed by atoms with van der Waals surface area (Å²) in [5, 5.41) is 1.46. The lowest BCUT2D eigenvalue weighted by Gasteiger charge is -2.03. The molecule has 0 aromatic heterocycles. The maximum Gasteiger partial charge on any atom is 0.0141 e. The molecule has 0 aromatic carbocycles. The average Bonchev–Trinajstić information content (AvgIpc) is 1.61. The minimum atomic E-state index is 0.899. The van der Waals surface area contributed by atoms with E-state index in [1.165, 1.54) is 11.4 Å². The van der Waals surface area contributed by atoms with Gasteiger partial charge in [0.1, 0.15) is 0 Å². The van der Waals surface area contributed by atoms with E-state index in [-0.39, 0.29) is 0 Å². The van der Waals surface area contributed by atoms with Crippen molar-refractivity contribution >= 4 is 0 Å². The highest BCUT2D eigenvalue weighted by Gasteiger charge is 1.85. The fourth-order valence-corrected chi connectivity index (χ4v) is 0.395. The molecule has 7 heavy (non-hydrogen) atoms. The highest BCUT2D eigenvalue weighted by molar-refractivity contribution is 4.36. The van der Waals surface area contributed by atoms with Crippen LogP contribution in [0.3, 0.4) is 0 Å². The highest BCUT2D eigenvalue weighted by atomic mass is 15.4. The summed E-state index contributed by atoms with van der Waals surface area (Å²) in [6, 6.07) is 0. The molecule has 0 saturated carbocycles. The lowest BCUT2D eigenvalue weighted by Crippen LogP contribution is -2.15. The van der Waals surface area contributed by atoms with Gasteiger partial charge in [0.05, 0.1) is 0 Å². The van der Waals surface area contributed by atoms with Gasteiger partial charge in [-0.15, -0.1) is 0 Å². The van der Waals surface area contributed by atoms with Crippen LogP contribution in [0, 0.1) is 0 Å². The van der Waals surface area contributed by atoms with Gasteiger partial charge >= 0.3 is 0 Å². The molecule has 0 atom stereocenters. The first kappa shape index (κ1) is 6.92. The van der Waals surface area contributed by atoms with Crippen LogP contribution in [0.2, 0.25) is 0 Å². The molecule has 1 N–H and O–H groups in total. The van der Waals surface area contributed by atoms with Crippen molar-refractivity contribution in [2.45, 2.75) is 19.8 Å². The molecule has 0 spiro atoms. The molecule has 0 amide bonds. The second-order valence-electron chi connectivity index (χ2n) is 1.78. The SMILES string of the molecule is CCCCN(C)[NH]. The fraction of sp³-hybridized carbons (Fsp3) is 1.00. The Morgan fingerprint density at radius 1 is 1.57 bits per heavy atom. The van der Waals surface area contributed by atoms with Crippen LogP contribution in [0.15, 0.2) is 0 Å². The van der Waals surface area contributed by atoms with Gasteiger partial charge in [-0.2, -0.15) is 5.84 Å². The smallest absolute Gasteiger partial charge is 0.0141 e. The van der Waals surface area contributed by atoms with Crippen molar-refractivity contribution < 1.29 is 0 Å². The van der Waals surface area contributed by atoms with Gasteiger partial charge in [0, 0.05) is 13.6 Å². The summed E-state index contributed by atoms with van der Waals surface area (Å²) in [7, 11) is 1.77. The molecule has 0 saturated heterocycles. The molecule has 0 aliphatic rings. The zero-order valence-corrected chi connectivity index (χ0v) is 5.07. The predicted molar refractivity (Wildman–Crippen MR) is 30.6 cm³/mol. The van der Waals surface area contributed by atoms with Crippen LogP contribution in [0.4, 0.5) is 0 Å². The van der Waals surface area contributed by atoms with Gasteiger partial charge in [0.2, 0.25) is 0 Å². The van der Waals surface area contributed by atoms with E-state index in [0.717, 1.165) is 13.0 Å². The third-order valence-corrected chi connectivity index (χ3v) is 0.847. The first-order valence-corrected chi connectivity index (χ1v) is 2.69. The Bertz CT molecular complexity index is 35.1. The molecular weight excluding hydrogens is 88.1 g/mol. The Balaban J connectivity index is 2.68. The van der Waals surface area contributed by atoms with Crippen LogP contribution < -0.4 is 5.84 Å². The maximum atomic E-state index is 6.91. The quantitative estimate of drug-likeness (QED) is 0.485. The van der Waals surface area contributed by atoms with E-state index >= 15 is 0 Å². The van der Waals surface area contributed by atoms with E-state index < -0.39 is 0 Å². The van der Waals surface area contributed by atoms with Crippen LogP contribution in [0.25, 0.3) is 0 Å². The largest absolute Gasteiger partial charge is 0.233 e. The second-order valence-corrected chi connectivity index (χ2v) is 1.78. The monoisotopic (exact) mass is 101 g/mol. The molecule has 0 aromatic rings. The van der Waals surface area contributed by atoms with Crippen molar-refractivity contribution in [2.75, 3.05) is 13.6 Å². The number of rotatable bonds is 3. The Morgan fingerprint density at radius 2 is 2.14 bits per heavy atom. The molecule has 0 fully saturated rings. The maximum absolute atomic E-state index is 6.91. The number of hydrogen-bond acceptors (Lipinski definition) is 1. The summed E-state index contributed by atoms with van der Waals surface area (Å²) < 4.78 is 0. The Kier molecular flexibility index (Phi) is 4.04. The van der Waals surface area contributed by atoms with Crippen molar-refractivity contribution in [1.29, 1.82) is 0 Å². The van der Waals surface area contributed by atoms with E-state index in [4.69, 9.17) is 5.84 Å². The normalized spacial score (nSPS) is 10.3. The van der Waals surface area contributed by atoms with Crippen molar-refractivity contribution in [1.82, 2.24) is 10.9 Å². The predicted octanol–water partition coefficient (Wildman–Crippen LogP) is 0.916. The Morgan fingerprint density at radius 3 is 2.29 bits per heavy atom. The van der Waals surface area contributed by atoms with Gasteiger partial charge in [-0.25, -0.2) is 5.01 Å². The van der Waals surface area contributed by atoms with Gasteiger partial charge in [-0.05, 0) is 6.42 Å². The fourth-order valence-electron chi connectivity index (χ4n) is 0.395. The van der Waals surface area contributed by atoms with E-state index in [0.29, 0.717) is 0 Å². The summed E-state index contributed by atoms with van der Waals surface area (Å²) in [5.41, 5.74) is 0. The standard InChI is InChI=1S/C5H13N2/c1-3-4-5-7(2)6/h6H,3-5H2,1-2H3. The zero-order valence-electron chi connectivity index (χ0n) is 5.07. The Hall–Kier alpha value is -0.0800. The van der Waals surface area contributed by atoms with Crippen LogP contribution in [0.5, 0.6) is 0 Å². The van der Waals surface area contributed by atoms with Crippen LogP contribution in [-0.2, 0) is 0 Å². The van der Waals surface area contributed by atoms with Gasteiger partial charge in [-0.1, -0.05) is 13.3 Å². The molecule has 0 unspecified atom stereocenters. The molecule has 2 nitrogen and oxygen atoms in total. The van der Waals surface area contributed by atoms with Crippen molar-refractivity contribution in [3.63, 3.8) is 0 Å². The van der Waals surface area contributed by atoms with Crippen molar-refractivity contribution in [3.8, 4) is 0 Å². The van der Waals surface area contributed by atoms with E-state index in [9.17, 15) is 0 Å². The van der Waals surface area contributed by atoms with Gasteiger partial charge < -0.3 is 0 Å². The molecular formula is C5H13N2. The summed E-state index contributed by atoms with van der Waals surface area (Å²) in [5.74, 6) is 6.91. The Labute approximate surface area is 45.3 Å². The lowest BCUT2D eigenvalue weighted by molar-refractivity contribution is 0.323. The molecule has 43 valence electrons. The van der Waals surface area contributed by atoms with Gasteiger partial charge in [0.15, 0.2) is 0 Å². The molecule has 2 heteroatoms. The number of unbranched alkanes of at least 4 members (excludes halogenated alkanes) is 1. The molecule has 0 aliphatic heterocycles. The molecule has 0 heterocycles. The summed E-state index contributed by atoms with van der Waals surface area (Å²) in [6.45, 7) is 3.03. The number of nitrogens with one attached hydrogen (secondary N) is 1. The first-order valence-electron chi connectivity index (χ1n) is 2.69. The number of nitrogens with zero attached hydrogens (tertiary/aromatic N) is 1. The first-order chi connectivity index (χ1) is 3.27. The third-order valence-electron chi connectivity index (χ3n) is 0.847. The zero-order chi connectivity index (χ0) is 5.70. The van der Waals surface area contributed by atoms with Crippen LogP contribution >= 0.6 is 0 Å². The third kappa shape index (κ3) is 5.92. The van der Waals surface area contributed by atoms with Crippen molar-refractivity contribution in [3.05, 3.63) is 0 Å². The lowest BCUT2D eigenvalue weighted by atomic mass is 10.3. The molecule has 1 radical (unpaired) electrons.